The monoisotopic (exact) mass is 518 g/mol. The lowest BCUT2D eigenvalue weighted by atomic mass is 9.64. The number of ether oxygens (including phenoxy) is 2. The van der Waals surface area contributed by atoms with E-state index in [0.717, 1.165) is 13.8 Å². The number of aliphatic hydroxyl groups is 3. The summed E-state index contributed by atoms with van der Waals surface area (Å²) >= 11 is 0. The summed E-state index contributed by atoms with van der Waals surface area (Å²) in [6.07, 6.45) is -4.56. The Labute approximate surface area is 218 Å². The number of rotatable bonds is 8. The van der Waals surface area contributed by atoms with E-state index in [-0.39, 0.29) is 16.7 Å². The van der Waals surface area contributed by atoms with Crippen LogP contribution in [0.4, 0.5) is 0 Å². The number of ketones is 3. The van der Waals surface area contributed by atoms with Crippen molar-refractivity contribution in [2.24, 2.45) is 0 Å². The minimum atomic E-state index is -3.32. The predicted octanol–water partition coefficient (Wildman–Crippen LogP) is 2.14. The van der Waals surface area contributed by atoms with Crippen LogP contribution in [0.2, 0.25) is 0 Å². The summed E-state index contributed by atoms with van der Waals surface area (Å²) < 4.78 is 10.8. The Hall–Kier alpha value is -4.02. The van der Waals surface area contributed by atoms with Crippen molar-refractivity contribution in [2.45, 2.75) is 43.0 Å². The zero-order valence-corrected chi connectivity index (χ0v) is 20.6. The predicted molar refractivity (Wildman–Crippen MR) is 133 cm³/mol. The molecular formula is C29H26O9. The molecule has 0 bridgehead atoms. The van der Waals surface area contributed by atoms with Crippen molar-refractivity contribution in [3.63, 3.8) is 0 Å². The smallest absolute Gasteiger partial charge is 0.305 e. The molecule has 1 unspecified atom stereocenters. The van der Waals surface area contributed by atoms with Gasteiger partial charge < -0.3 is 24.8 Å². The highest BCUT2D eigenvalue weighted by Crippen LogP contribution is 2.52. The number of hydrogen-bond donors (Lipinski definition) is 3. The standard InChI is InChI=1S/C29H26O9/c1-18(30)37-26-28(35,23(32)20-14-8-4-9-15-20)29(36,24(33)21-16-10-5-11-17-21)27(2,38-26)25(34)22(31)19-12-6-3-7-13-19/h3-17,25-26,34-36H,1-2H3/t25?,26-,27+,28-,29+/m0/s1. The molecule has 0 saturated carbocycles. The van der Waals surface area contributed by atoms with Gasteiger partial charge in [-0.05, 0) is 6.92 Å². The van der Waals surface area contributed by atoms with Gasteiger partial charge in [0.05, 0.1) is 0 Å². The minimum Gasteiger partial charge on any atom is -0.432 e. The molecular weight excluding hydrogens is 492 g/mol. The van der Waals surface area contributed by atoms with Crippen LogP contribution in [0.3, 0.4) is 0 Å². The van der Waals surface area contributed by atoms with E-state index in [4.69, 9.17) is 9.47 Å². The molecule has 9 nitrogen and oxygen atoms in total. The second-order valence-corrected chi connectivity index (χ2v) is 9.17. The van der Waals surface area contributed by atoms with Gasteiger partial charge in [-0.3, -0.25) is 19.2 Å². The first-order chi connectivity index (χ1) is 18.0. The maximum Gasteiger partial charge on any atom is 0.305 e. The highest BCUT2D eigenvalue weighted by atomic mass is 16.7. The van der Waals surface area contributed by atoms with Gasteiger partial charge in [0.15, 0.2) is 5.78 Å². The summed E-state index contributed by atoms with van der Waals surface area (Å²) in [7, 11) is 0. The van der Waals surface area contributed by atoms with Crippen LogP contribution in [0.25, 0.3) is 0 Å². The molecule has 0 spiro atoms. The summed E-state index contributed by atoms with van der Waals surface area (Å²) in [4.78, 5) is 53.2. The number of hydrogen-bond acceptors (Lipinski definition) is 9. The van der Waals surface area contributed by atoms with E-state index in [1.807, 2.05) is 0 Å². The normalized spacial score (nSPS) is 27.3. The van der Waals surface area contributed by atoms with Crippen LogP contribution < -0.4 is 0 Å². The molecule has 196 valence electrons. The van der Waals surface area contributed by atoms with Gasteiger partial charge in [0, 0.05) is 23.6 Å². The van der Waals surface area contributed by atoms with Crippen LogP contribution >= 0.6 is 0 Å². The van der Waals surface area contributed by atoms with E-state index in [9.17, 15) is 34.5 Å². The van der Waals surface area contributed by atoms with Crippen LogP contribution in [-0.2, 0) is 14.3 Å². The lowest BCUT2D eigenvalue weighted by Crippen LogP contribution is -2.73. The van der Waals surface area contributed by atoms with E-state index in [2.05, 4.69) is 0 Å². The van der Waals surface area contributed by atoms with Crippen LogP contribution in [0, 0.1) is 0 Å². The molecule has 1 saturated heterocycles. The highest BCUT2D eigenvalue weighted by molar-refractivity contribution is 6.14. The van der Waals surface area contributed by atoms with E-state index >= 15 is 0 Å². The fourth-order valence-electron chi connectivity index (χ4n) is 4.75. The summed E-state index contributed by atoms with van der Waals surface area (Å²) in [6.45, 7) is 1.97. The van der Waals surface area contributed by atoms with Crippen molar-refractivity contribution < 1.29 is 44.0 Å². The van der Waals surface area contributed by atoms with E-state index in [1.54, 1.807) is 18.2 Å². The first kappa shape index (κ1) is 27.0. The van der Waals surface area contributed by atoms with Gasteiger partial charge in [0.1, 0.15) is 11.7 Å². The first-order valence-corrected chi connectivity index (χ1v) is 11.7. The van der Waals surface area contributed by atoms with Crippen LogP contribution in [0.5, 0.6) is 0 Å². The van der Waals surface area contributed by atoms with Crippen molar-refractivity contribution in [2.75, 3.05) is 0 Å². The van der Waals surface area contributed by atoms with Gasteiger partial charge in [-0.1, -0.05) is 91.0 Å². The molecule has 38 heavy (non-hydrogen) atoms. The largest absolute Gasteiger partial charge is 0.432 e. The molecule has 1 fully saturated rings. The van der Waals surface area contributed by atoms with Crippen molar-refractivity contribution in [3.8, 4) is 0 Å². The van der Waals surface area contributed by atoms with Gasteiger partial charge in [-0.2, -0.15) is 0 Å². The minimum absolute atomic E-state index is 0.00759. The molecule has 0 radical (unpaired) electrons. The Morgan fingerprint density at radius 1 is 0.763 bits per heavy atom. The fraction of sp³-hybridized carbons (Fsp3) is 0.241. The Morgan fingerprint density at radius 2 is 1.18 bits per heavy atom. The molecule has 1 aliphatic heterocycles. The first-order valence-electron chi connectivity index (χ1n) is 11.7. The second kappa shape index (κ2) is 10.0. The molecule has 0 aliphatic carbocycles. The lowest BCUT2D eigenvalue weighted by molar-refractivity contribution is -0.214. The van der Waals surface area contributed by atoms with Gasteiger partial charge >= 0.3 is 5.97 Å². The molecule has 5 atom stereocenters. The quantitative estimate of drug-likeness (QED) is 0.301. The third kappa shape index (κ3) is 4.06. The molecule has 9 heteroatoms. The Balaban J connectivity index is 1.98. The number of esters is 1. The second-order valence-electron chi connectivity index (χ2n) is 9.17. The van der Waals surface area contributed by atoms with Crippen molar-refractivity contribution in [3.05, 3.63) is 108 Å². The number of carbonyl (C=O) groups excluding carboxylic acids is 4. The maximum absolute atomic E-state index is 14.0. The summed E-state index contributed by atoms with van der Waals surface area (Å²) in [5.41, 5.74) is -9.58. The van der Waals surface area contributed by atoms with Crippen molar-refractivity contribution >= 4 is 23.3 Å². The van der Waals surface area contributed by atoms with Gasteiger partial charge in [-0.25, -0.2) is 0 Å². The Bertz CT molecular complexity index is 1360. The summed E-state index contributed by atoms with van der Waals surface area (Å²) in [6, 6.07) is 21.9. The molecule has 0 amide bonds. The zero-order valence-electron chi connectivity index (χ0n) is 20.6. The SMILES string of the molecule is CC(=O)O[C@H]1O[C@](C)(C(O)C(=O)c2ccccc2)[C@](O)(C(=O)c2ccccc2)[C@]1(O)C(=O)c1ccccc1. The van der Waals surface area contributed by atoms with Crippen molar-refractivity contribution in [1.82, 2.24) is 0 Å². The number of Topliss-reactive ketones (excluding diaryl/α,β-unsaturated/α-hetero) is 3. The van der Waals surface area contributed by atoms with E-state index < -0.39 is 52.5 Å². The van der Waals surface area contributed by atoms with Gasteiger partial charge in [0.2, 0.25) is 29.1 Å². The zero-order chi connectivity index (χ0) is 27.7. The Morgan fingerprint density at radius 3 is 1.63 bits per heavy atom. The fourth-order valence-corrected chi connectivity index (χ4v) is 4.75. The Kier molecular flexibility index (Phi) is 7.14. The van der Waals surface area contributed by atoms with E-state index in [1.165, 1.54) is 72.8 Å². The van der Waals surface area contributed by atoms with Gasteiger partial charge in [0.25, 0.3) is 0 Å². The molecule has 3 aromatic rings. The summed E-state index contributed by atoms with van der Waals surface area (Å²) in [5, 5.41) is 35.7. The van der Waals surface area contributed by atoms with Crippen LogP contribution in [0.15, 0.2) is 91.0 Å². The number of aliphatic hydroxyl groups excluding tert-OH is 1. The molecule has 1 heterocycles. The molecule has 4 rings (SSSR count). The van der Waals surface area contributed by atoms with Gasteiger partial charge in [-0.15, -0.1) is 0 Å². The molecule has 3 aromatic carbocycles. The molecule has 1 aliphatic rings. The van der Waals surface area contributed by atoms with Crippen LogP contribution in [-0.4, -0.2) is 67.8 Å². The average molecular weight is 519 g/mol. The molecule has 0 aromatic heterocycles. The van der Waals surface area contributed by atoms with Crippen LogP contribution in [0.1, 0.15) is 44.9 Å². The molecule has 3 N–H and O–H groups in total. The number of benzene rings is 3. The number of carbonyl (C=O) groups is 4. The summed E-state index contributed by atoms with van der Waals surface area (Å²) in [5.74, 6) is -4.44. The maximum atomic E-state index is 14.0. The van der Waals surface area contributed by atoms with Crippen molar-refractivity contribution in [1.29, 1.82) is 0 Å². The average Bonchev–Trinajstić information content (AvgIpc) is 3.12. The third-order valence-electron chi connectivity index (χ3n) is 6.81. The third-order valence-corrected chi connectivity index (χ3v) is 6.81. The highest BCUT2D eigenvalue weighted by Gasteiger charge is 2.81. The topological polar surface area (TPSA) is 147 Å². The van der Waals surface area contributed by atoms with E-state index in [0.29, 0.717) is 0 Å². The lowest BCUT2D eigenvalue weighted by Gasteiger charge is -2.43.